The van der Waals surface area contributed by atoms with Gasteiger partial charge in [-0.2, -0.15) is 0 Å². The number of halogens is 1. The Morgan fingerprint density at radius 3 is 2.43 bits per heavy atom. The van der Waals surface area contributed by atoms with Crippen LogP contribution in [0.1, 0.15) is 30.5 Å². The first-order valence-electron chi connectivity index (χ1n) is 9.72. The summed E-state index contributed by atoms with van der Waals surface area (Å²) in [4.78, 5) is 0. The van der Waals surface area contributed by atoms with E-state index in [9.17, 15) is 5.11 Å². The van der Waals surface area contributed by atoms with Gasteiger partial charge in [-0.05, 0) is 60.0 Å². The lowest BCUT2D eigenvalue weighted by Gasteiger charge is -2.16. The quantitative estimate of drug-likeness (QED) is 0.429. The zero-order valence-corrected chi connectivity index (χ0v) is 18.5. The van der Waals surface area contributed by atoms with Gasteiger partial charge in [0.1, 0.15) is 6.61 Å². The van der Waals surface area contributed by atoms with Gasteiger partial charge >= 0.3 is 0 Å². The average molecular weight is 451 g/mol. The van der Waals surface area contributed by atoms with Crippen LogP contribution in [0.15, 0.2) is 40.9 Å². The molecule has 0 aromatic heterocycles. The van der Waals surface area contributed by atoms with E-state index in [1.807, 2.05) is 13.0 Å². The Morgan fingerprint density at radius 1 is 1.04 bits per heavy atom. The number of ether oxygens (including phenoxy) is 2. The van der Waals surface area contributed by atoms with Crippen LogP contribution in [0.5, 0.6) is 11.5 Å². The second kappa shape index (κ2) is 12.1. The van der Waals surface area contributed by atoms with Crippen LogP contribution in [-0.4, -0.2) is 37.5 Å². The molecule has 154 valence electrons. The van der Waals surface area contributed by atoms with Crippen molar-refractivity contribution in [2.24, 2.45) is 0 Å². The molecule has 0 radical (unpaired) electrons. The van der Waals surface area contributed by atoms with Crippen LogP contribution in [0.3, 0.4) is 0 Å². The summed E-state index contributed by atoms with van der Waals surface area (Å²) in [7, 11) is 0. The van der Waals surface area contributed by atoms with Gasteiger partial charge in [0.25, 0.3) is 0 Å². The standard InChI is InChI=1S/C22H31BrN2O3/c1-4-27-21-12-19(14-25-10-9-24-13-17(3)26)11-20(23)22(21)28-15-18-7-5-16(2)6-8-18/h5-8,11-12,17,24-26H,4,9-10,13-15H2,1-3H3. The minimum atomic E-state index is -0.322. The molecule has 1 unspecified atom stereocenters. The summed E-state index contributed by atoms with van der Waals surface area (Å²) in [6, 6.07) is 12.4. The third-order valence-corrected chi connectivity index (χ3v) is 4.71. The molecule has 6 heteroatoms. The zero-order chi connectivity index (χ0) is 20.4. The third kappa shape index (κ3) is 7.80. The molecule has 0 amide bonds. The molecule has 1 atom stereocenters. The molecule has 2 aromatic carbocycles. The van der Waals surface area contributed by atoms with Crippen molar-refractivity contribution in [2.75, 3.05) is 26.2 Å². The van der Waals surface area contributed by atoms with E-state index in [0.717, 1.165) is 46.7 Å². The summed E-state index contributed by atoms with van der Waals surface area (Å²) < 4.78 is 12.8. The molecule has 0 saturated heterocycles. The average Bonchev–Trinajstić information content (AvgIpc) is 2.65. The van der Waals surface area contributed by atoms with E-state index in [0.29, 0.717) is 19.8 Å². The van der Waals surface area contributed by atoms with E-state index in [1.54, 1.807) is 6.92 Å². The van der Waals surface area contributed by atoms with Crippen LogP contribution in [0.25, 0.3) is 0 Å². The van der Waals surface area contributed by atoms with Crippen LogP contribution in [-0.2, 0) is 13.2 Å². The Labute approximate surface area is 176 Å². The SMILES string of the molecule is CCOc1cc(CNCCNCC(C)O)cc(Br)c1OCc1ccc(C)cc1. The van der Waals surface area contributed by atoms with E-state index in [4.69, 9.17) is 9.47 Å². The molecule has 0 spiro atoms. The van der Waals surface area contributed by atoms with Gasteiger partial charge in [-0.25, -0.2) is 0 Å². The number of aliphatic hydroxyl groups is 1. The highest BCUT2D eigenvalue weighted by Gasteiger charge is 2.12. The Kier molecular flexibility index (Phi) is 9.78. The number of hydrogen-bond acceptors (Lipinski definition) is 5. The first-order valence-corrected chi connectivity index (χ1v) is 10.5. The lowest BCUT2D eigenvalue weighted by Crippen LogP contribution is -2.31. The summed E-state index contributed by atoms with van der Waals surface area (Å²) in [5.74, 6) is 1.47. The first-order chi connectivity index (χ1) is 13.5. The van der Waals surface area contributed by atoms with Crippen LogP contribution < -0.4 is 20.1 Å². The third-order valence-electron chi connectivity index (χ3n) is 4.12. The van der Waals surface area contributed by atoms with Crippen molar-refractivity contribution in [2.45, 2.75) is 40.0 Å². The molecular formula is C22H31BrN2O3. The highest BCUT2D eigenvalue weighted by atomic mass is 79.9. The van der Waals surface area contributed by atoms with E-state index < -0.39 is 0 Å². The van der Waals surface area contributed by atoms with Gasteiger partial charge in [0.05, 0.1) is 17.2 Å². The van der Waals surface area contributed by atoms with Crippen LogP contribution in [0, 0.1) is 6.92 Å². The molecule has 3 N–H and O–H groups in total. The fraction of sp³-hybridized carbons (Fsp3) is 0.455. The molecule has 0 fully saturated rings. The maximum absolute atomic E-state index is 9.24. The smallest absolute Gasteiger partial charge is 0.175 e. The van der Waals surface area contributed by atoms with Gasteiger partial charge in [-0.1, -0.05) is 29.8 Å². The molecule has 0 saturated carbocycles. The minimum absolute atomic E-state index is 0.322. The van der Waals surface area contributed by atoms with Gasteiger partial charge in [-0.3, -0.25) is 0 Å². The molecule has 0 aliphatic carbocycles. The van der Waals surface area contributed by atoms with Crippen molar-refractivity contribution in [3.8, 4) is 11.5 Å². The molecule has 0 aliphatic heterocycles. The number of hydrogen-bond donors (Lipinski definition) is 3. The van der Waals surface area contributed by atoms with Gasteiger partial charge in [-0.15, -0.1) is 0 Å². The lowest BCUT2D eigenvalue weighted by molar-refractivity contribution is 0.191. The van der Waals surface area contributed by atoms with E-state index >= 15 is 0 Å². The van der Waals surface area contributed by atoms with Crippen LogP contribution >= 0.6 is 15.9 Å². The van der Waals surface area contributed by atoms with E-state index in [2.05, 4.69) is 63.8 Å². The highest BCUT2D eigenvalue weighted by Crippen LogP contribution is 2.37. The number of rotatable bonds is 12. The topological polar surface area (TPSA) is 62.8 Å². The largest absolute Gasteiger partial charge is 0.490 e. The molecule has 0 aliphatic rings. The predicted octanol–water partition coefficient (Wildman–Crippen LogP) is 3.80. The predicted molar refractivity (Wildman–Crippen MR) is 117 cm³/mol. The number of benzene rings is 2. The number of aryl methyl sites for hydroxylation is 1. The van der Waals surface area contributed by atoms with Gasteiger partial charge in [0.2, 0.25) is 0 Å². The summed E-state index contributed by atoms with van der Waals surface area (Å²) in [5, 5.41) is 15.8. The molecule has 2 rings (SSSR count). The fourth-order valence-corrected chi connectivity index (χ4v) is 3.29. The normalized spacial score (nSPS) is 12.0. The maximum Gasteiger partial charge on any atom is 0.175 e. The molecule has 0 heterocycles. The highest BCUT2D eigenvalue weighted by molar-refractivity contribution is 9.10. The Balaban J connectivity index is 1.95. The Hall–Kier alpha value is -1.60. The number of aliphatic hydroxyl groups excluding tert-OH is 1. The fourth-order valence-electron chi connectivity index (χ4n) is 2.69. The Morgan fingerprint density at radius 2 is 1.75 bits per heavy atom. The molecule has 2 aromatic rings. The van der Waals surface area contributed by atoms with Gasteiger partial charge in [0, 0.05) is 26.2 Å². The maximum atomic E-state index is 9.24. The number of nitrogens with one attached hydrogen (secondary N) is 2. The van der Waals surface area contributed by atoms with E-state index in [-0.39, 0.29) is 6.10 Å². The summed E-state index contributed by atoms with van der Waals surface area (Å²) >= 11 is 3.63. The van der Waals surface area contributed by atoms with Crippen molar-refractivity contribution in [1.29, 1.82) is 0 Å². The molecule has 0 bridgehead atoms. The van der Waals surface area contributed by atoms with Crippen LogP contribution in [0.2, 0.25) is 0 Å². The molecule has 28 heavy (non-hydrogen) atoms. The van der Waals surface area contributed by atoms with Crippen molar-refractivity contribution in [3.63, 3.8) is 0 Å². The van der Waals surface area contributed by atoms with Crippen molar-refractivity contribution >= 4 is 15.9 Å². The summed E-state index contributed by atoms with van der Waals surface area (Å²) in [6.07, 6.45) is -0.322. The molecular weight excluding hydrogens is 420 g/mol. The second-order valence-corrected chi connectivity index (χ2v) is 7.70. The minimum Gasteiger partial charge on any atom is -0.490 e. The van der Waals surface area contributed by atoms with Gasteiger partial charge < -0.3 is 25.2 Å². The second-order valence-electron chi connectivity index (χ2n) is 6.84. The summed E-state index contributed by atoms with van der Waals surface area (Å²) in [5.41, 5.74) is 3.47. The van der Waals surface area contributed by atoms with Crippen molar-refractivity contribution in [1.82, 2.24) is 10.6 Å². The zero-order valence-electron chi connectivity index (χ0n) is 16.9. The van der Waals surface area contributed by atoms with Crippen molar-refractivity contribution in [3.05, 3.63) is 57.6 Å². The summed E-state index contributed by atoms with van der Waals surface area (Å²) in [6.45, 7) is 9.85. The van der Waals surface area contributed by atoms with Crippen molar-refractivity contribution < 1.29 is 14.6 Å². The van der Waals surface area contributed by atoms with Crippen LogP contribution in [0.4, 0.5) is 0 Å². The monoisotopic (exact) mass is 450 g/mol. The first kappa shape index (κ1) is 22.7. The lowest BCUT2D eigenvalue weighted by atomic mass is 10.1. The Bertz CT molecular complexity index is 720. The van der Waals surface area contributed by atoms with Gasteiger partial charge in [0.15, 0.2) is 11.5 Å². The molecule has 5 nitrogen and oxygen atoms in total. The van der Waals surface area contributed by atoms with E-state index in [1.165, 1.54) is 5.56 Å².